The Morgan fingerprint density at radius 1 is 0.963 bits per heavy atom. The van der Waals surface area contributed by atoms with E-state index in [1.807, 2.05) is 0 Å². The Bertz CT molecular complexity index is 734. The summed E-state index contributed by atoms with van der Waals surface area (Å²) in [5.41, 5.74) is 4.97. The van der Waals surface area contributed by atoms with Crippen LogP contribution in [0.1, 0.15) is 2.85 Å². The minimum absolute atomic E-state index is 0. The average molecular weight is 499 g/mol. The third-order valence-corrected chi connectivity index (χ3v) is 7.03. The summed E-state index contributed by atoms with van der Waals surface area (Å²) >= 11 is 0. The maximum atomic E-state index is 11.4. The number of nitrogens with two attached hydrogens (primary N) is 1. The molecule has 27 heavy (non-hydrogen) atoms. The Morgan fingerprint density at radius 2 is 1.33 bits per heavy atom. The van der Waals surface area contributed by atoms with Gasteiger partial charge in [-0.1, -0.05) is 0 Å². The first-order valence-corrected chi connectivity index (χ1v) is 11.3. The van der Waals surface area contributed by atoms with E-state index in [0.29, 0.717) is 0 Å². The van der Waals surface area contributed by atoms with Gasteiger partial charge in [-0.25, -0.2) is 23.1 Å². The summed E-state index contributed by atoms with van der Waals surface area (Å²) in [6.45, 7) is -0.861. The molecule has 0 fully saturated rings. The number of phosphoric acid groups is 4. The van der Waals surface area contributed by atoms with Crippen LogP contribution in [0, 0.1) is 5.41 Å². The summed E-state index contributed by atoms with van der Waals surface area (Å²) in [5.74, 6) is -2.21. The van der Waals surface area contributed by atoms with E-state index in [1.54, 1.807) is 0 Å². The van der Waals surface area contributed by atoms with Gasteiger partial charge in [0.15, 0.2) is 5.96 Å². The first-order chi connectivity index (χ1) is 10.8. The largest absolute Gasteiger partial charge is 1.00 e. The van der Waals surface area contributed by atoms with Crippen molar-refractivity contribution in [1.29, 1.82) is 5.41 Å². The van der Waals surface area contributed by atoms with Crippen LogP contribution in [-0.4, -0.2) is 54.9 Å². The first kappa shape index (κ1) is 33.0. The third-order valence-electron chi connectivity index (χ3n) is 1.62. The standard InChI is InChI=1S/C4H13N3O14P4.2Na.2H/c1-7(4(5)6)2-3(8)18-23(12,13)20-25(16,17)21-24(14,15)19-22(9,10)11;;;;/h2H2,1H3,(H3,5,6)(H,12,13)(H,14,15)(H,16,17)(H2,9,10,11);;;;/q;2*+1;2*-1. The zero-order chi connectivity index (χ0) is 20.3. The number of nitrogens with zero attached hydrogens (tertiary/aromatic N) is 1. The fourth-order valence-electron chi connectivity index (χ4n) is 0.878. The van der Waals surface area contributed by atoms with Crippen molar-refractivity contribution in [3.05, 3.63) is 0 Å². The van der Waals surface area contributed by atoms with Crippen LogP contribution in [0.3, 0.4) is 0 Å². The number of phosphoric ester groups is 1. The van der Waals surface area contributed by atoms with Crippen molar-refractivity contribution in [2.45, 2.75) is 0 Å². The van der Waals surface area contributed by atoms with Crippen molar-refractivity contribution in [3.8, 4) is 0 Å². The molecular weight excluding hydrogens is 484 g/mol. The Kier molecular flexibility index (Phi) is 15.0. The molecule has 3 atom stereocenters. The summed E-state index contributed by atoms with van der Waals surface area (Å²) in [6, 6.07) is 0. The Balaban J connectivity index is -0.000000480. The van der Waals surface area contributed by atoms with Crippen molar-refractivity contribution in [2.75, 3.05) is 13.6 Å². The van der Waals surface area contributed by atoms with Crippen molar-refractivity contribution in [1.82, 2.24) is 4.90 Å². The molecule has 0 aliphatic heterocycles. The van der Waals surface area contributed by atoms with Gasteiger partial charge < -0.3 is 37.6 Å². The maximum absolute atomic E-state index is 11.4. The minimum Gasteiger partial charge on any atom is -1.00 e. The first-order valence-electron chi connectivity index (χ1n) is 5.30. The van der Waals surface area contributed by atoms with E-state index >= 15 is 0 Å². The molecule has 0 aliphatic rings. The van der Waals surface area contributed by atoms with Crippen LogP contribution in [0.5, 0.6) is 0 Å². The van der Waals surface area contributed by atoms with Crippen LogP contribution >= 0.6 is 31.3 Å². The van der Waals surface area contributed by atoms with Gasteiger partial charge in [0.25, 0.3) is 0 Å². The molecule has 0 spiro atoms. The molecule has 17 nitrogen and oxygen atoms in total. The number of carbonyl (C=O) groups is 1. The molecule has 152 valence electrons. The molecular formula is C4H15N3Na2O14P4. The molecule has 0 bridgehead atoms. The van der Waals surface area contributed by atoms with Gasteiger partial charge in [0.2, 0.25) is 0 Å². The van der Waals surface area contributed by atoms with Gasteiger partial charge in [-0.3, -0.25) is 10.3 Å². The molecule has 0 saturated heterocycles. The maximum Gasteiger partial charge on any atom is 1.00 e. The van der Waals surface area contributed by atoms with E-state index in [-0.39, 0.29) is 62.0 Å². The predicted molar refractivity (Wildman–Crippen MR) is 77.6 cm³/mol. The van der Waals surface area contributed by atoms with Gasteiger partial charge in [-0.2, -0.15) is 12.9 Å². The zero-order valence-corrected chi connectivity index (χ0v) is 21.5. The molecule has 3 unspecified atom stereocenters. The summed E-state index contributed by atoms with van der Waals surface area (Å²) in [7, 11) is -22.2. The van der Waals surface area contributed by atoms with E-state index in [2.05, 4.69) is 17.5 Å². The van der Waals surface area contributed by atoms with Gasteiger partial charge in [0.1, 0.15) is 6.54 Å². The zero-order valence-electron chi connectivity index (χ0n) is 15.9. The number of carbonyl (C=O) groups excluding carboxylic acids is 1. The summed E-state index contributed by atoms with van der Waals surface area (Å²) in [6.07, 6.45) is 0. The SMILES string of the molecule is CN(CC(=O)OP(=O)(O)OP(=O)(O)OP(=O)(O)OP(=O)(O)O)C(=N)N.[H-].[H-].[Na+].[Na+]. The molecule has 23 heteroatoms. The minimum atomic E-state index is -5.98. The number of likely N-dealkylation sites (N-methyl/N-ethyl adjacent to an activating group) is 1. The fourth-order valence-corrected chi connectivity index (χ4v) is 5.26. The van der Waals surface area contributed by atoms with Gasteiger partial charge >= 0.3 is 96.4 Å². The molecule has 0 heterocycles. The number of nitrogens with one attached hydrogen (secondary N) is 1. The summed E-state index contributed by atoms with van der Waals surface area (Å²) < 4.78 is 57.8. The van der Waals surface area contributed by atoms with E-state index in [0.717, 1.165) is 11.9 Å². The van der Waals surface area contributed by atoms with Crippen LogP contribution in [0.2, 0.25) is 0 Å². The van der Waals surface area contributed by atoms with Crippen molar-refractivity contribution >= 4 is 43.2 Å². The number of hydrogen-bond donors (Lipinski definition) is 7. The second-order valence-electron chi connectivity index (χ2n) is 3.85. The van der Waals surface area contributed by atoms with Gasteiger partial charge in [-0.15, -0.1) is 0 Å². The van der Waals surface area contributed by atoms with E-state index in [1.165, 1.54) is 0 Å². The monoisotopic (exact) mass is 499 g/mol. The topological polar surface area (TPSA) is 277 Å². The number of hydrogen-bond acceptors (Lipinski definition) is 10. The molecule has 0 aliphatic carbocycles. The van der Waals surface area contributed by atoms with Crippen molar-refractivity contribution in [2.24, 2.45) is 5.73 Å². The van der Waals surface area contributed by atoms with E-state index in [4.69, 9.17) is 35.6 Å². The van der Waals surface area contributed by atoms with Crippen LogP contribution in [0.15, 0.2) is 0 Å². The summed E-state index contributed by atoms with van der Waals surface area (Å²) in [4.78, 5) is 55.5. The molecule has 0 aromatic heterocycles. The van der Waals surface area contributed by atoms with Gasteiger partial charge in [0.05, 0.1) is 0 Å². The summed E-state index contributed by atoms with van der Waals surface area (Å²) in [5, 5.41) is 6.93. The van der Waals surface area contributed by atoms with Crippen LogP contribution < -0.4 is 64.8 Å². The Morgan fingerprint density at radius 3 is 1.70 bits per heavy atom. The van der Waals surface area contributed by atoms with Gasteiger partial charge in [-0.05, 0) is 0 Å². The van der Waals surface area contributed by atoms with Crippen molar-refractivity contribution in [3.63, 3.8) is 0 Å². The average Bonchev–Trinajstić information content (AvgIpc) is 2.18. The van der Waals surface area contributed by atoms with Crippen molar-refractivity contribution < 1.29 is 127 Å². The number of guanidine groups is 1. The predicted octanol–water partition coefficient (Wildman–Crippen LogP) is -6.97. The van der Waals surface area contributed by atoms with Crippen LogP contribution in [-0.2, 0) is 40.5 Å². The second-order valence-corrected chi connectivity index (χ2v) is 9.78. The second kappa shape index (κ2) is 12.3. The van der Waals surface area contributed by atoms with Crippen LogP contribution in [0.25, 0.3) is 0 Å². The molecule has 0 rings (SSSR count). The molecule has 0 aromatic rings. The molecule has 0 radical (unpaired) electrons. The Hall–Kier alpha value is 1.34. The normalized spacial score (nSPS) is 17.7. The Labute approximate surface area is 198 Å². The molecule has 0 amide bonds. The van der Waals surface area contributed by atoms with E-state index < -0.39 is 49.8 Å². The van der Waals surface area contributed by atoms with Gasteiger partial charge in [0, 0.05) is 7.05 Å². The number of rotatable bonds is 9. The molecule has 0 aromatic carbocycles. The fraction of sp³-hybridized carbons (Fsp3) is 0.500. The van der Waals surface area contributed by atoms with Crippen LogP contribution in [0.4, 0.5) is 0 Å². The molecule has 0 saturated carbocycles. The molecule has 8 N–H and O–H groups in total. The van der Waals surface area contributed by atoms with E-state index in [9.17, 15) is 23.1 Å². The smallest absolute Gasteiger partial charge is 1.00 e. The quantitative estimate of drug-likeness (QED) is 0.0672. The third kappa shape index (κ3) is 16.8.